The average molecular weight is 502 g/mol. The molecule has 11 heteroatoms. The number of rotatable bonds is 10. The molecule has 0 radical (unpaired) electrons. The molecule has 1 aromatic heterocycles. The summed E-state index contributed by atoms with van der Waals surface area (Å²) >= 11 is 0. The monoisotopic (exact) mass is 501 g/mol. The number of carbonyl (C=O) groups is 1. The zero-order valence-corrected chi connectivity index (χ0v) is 20.6. The largest absolute Gasteiger partial charge is 0.394 e. The van der Waals surface area contributed by atoms with E-state index in [-0.39, 0.29) is 18.2 Å². The van der Waals surface area contributed by atoms with Crippen LogP contribution in [0.1, 0.15) is 42.7 Å². The second-order valence-corrected chi connectivity index (χ2v) is 8.37. The summed E-state index contributed by atoms with van der Waals surface area (Å²) in [7, 11) is 0. The number of nitrogens with one attached hydrogen (secondary N) is 1. The van der Waals surface area contributed by atoms with Gasteiger partial charge in [0.25, 0.3) is 5.91 Å². The molecular weight excluding hydrogens is 468 g/mol. The van der Waals surface area contributed by atoms with E-state index >= 15 is 0 Å². The van der Waals surface area contributed by atoms with E-state index in [1.807, 2.05) is 26.0 Å². The average Bonchev–Trinajstić information content (AvgIpc) is 2.92. The fourth-order valence-electron chi connectivity index (χ4n) is 3.75. The molecule has 1 unspecified atom stereocenters. The summed E-state index contributed by atoms with van der Waals surface area (Å²) in [6.45, 7) is 6.51. The number of anilines is 1. The fraction of sp³-hybridized carbons (Fsp3) is 0.440. The Balaban J connectivity index is 1.67. The van der Waals surface area contributed by atoms with E-state index in [1.165, 1.54) is 0 Å². The van der Waals surface area contributed by atoms with E-state index < -0.39 is 23.2 Å². The lowest BCUT2D eigenvalue weighted by molar-refractivity contribution is 0.0952. The van der Waals surface area contributed by atoms with Gasteiger partial charge in [-0.15, -0.1) is 0 Å². The van der Waals surface area contributed by atoms with Crippen LogP contribution in [-0.2, 0) is 11.3 Å². The van der Waals surface area contributed by atoms with Crippen molar-refractivity contribution in [3.8, 4) is 0 Å². The summed E-state index contributed by atoms with van der Waals surface area (Å²) in [4.78, 5) is 28.5. The van der Waals surface area contributed by atoms with E-state index in [4.69, 9.17) is 26.2 Å². The van der Waals surface area contributed by atoms with Crippen molar-refractivity contribution in [1.29, 1.82) is 0 Å². The van der Waals surface area contributed by atoms with Gasteiger partial charge < -0.3 is 26.4 Å². The molecule has 1 amide bonds. The molecule has 1 aromatic carbocycles. The minimum atomic E-state index is -0.959. The Labute approximate surface area is 209 Å². The number of hydrogen-bond acceptors (Lipinski definition) is 8. The van der Waals surface area contributed by atoms with E-state index in [0.29, 0.717) is 39.3 Å². The van der Waals surface area contributed by atoms with Crippen LogP contribution >= 0.6 is 0 Å². The predicted octanol–water partition coefficient (Wildman–Crippen LogP) is 2.82. The molecule has 0 aliphatic carbocycles. The topological polar surface area (TPSA) is 131 Å². The number of aromatic nitrogens is 1. The molecule has 9 nitrogen and oxygen atoms in total. The number of pyridine rings is 1. The van der Waals surface area contributed by atoms with Crippen LogP contribution in [0.25, 0.3) is 0 Å². The molecule has 1 atom stereocenters. The highest BCUT2D eigenvalue weighted by Crippen LogP contribution is 2.22. The van der Waals surface area contributed by atoms with Crippen LogP contribution in [-0.4, -0.2) is 66.2 Å². The first-order valence-corrected chi connectivity index (χ1v) is 12.0. The van der Waals surface area contributed by atoms with E-state index in [0.717, 1.165) is 41.5 Å². The van der Waals surface area contributed by atoms with Crippen molar-refractivity contribution >= 4 is 28.8 Å². The van der Waals surface area contributed by atoms with Crippen molar-refractivity contribution < 1.29 is 18.3 Å². The van der Waals surface area contributed by atoms with Gasteiger partial charge in [0.05, 0.1) is 29.7 Å². The number of fused-ring (bicyclic) bond motifs is 1. The maximum absolute atomic E-state index is 13.7. The smallest absolute Gasteiger partial charge is 0.251 e. The molecule has 0 saturated heterocycles. The first-order chi connectivity index (χ1) is 17.3. The van der Waals surface area contributed by atoms with Crippen LogP contribution in [0.3, 0.4) is 0 Å². The van der Waals surface area contributed by atoms with Crippen molar-refractivity contribution in [1.82, 2.24) is 15.2 Å². The Kier molecular flexibility index (Phi) is 9.83. The zero-order chi connectivity index (χ0) is 26.1. The first-order valence-electron chi connectivity index (χ1n) is 12.0. The van der Waals surface area contributed by atoms with Crippen molar-refractivity contribution in [3.63, 3.8) is 0 Å². The second kappa shape index (κ2) is 13.0. The lowest BCUT2D eigenvalue weighted by atomic mass is 10.1. The second-order valence-electron chi connectivity index (χ2n) is 8.37. The highest BCUT2D eigenvalue weighted by Gasteiger charge is 2.20. The van der Waals surface area contributed by atoms with Crippen LogP contribution in [0.5, 0.6) is 0 Å². The van der Waals surface area contributed by atoms with Crippen molar-refractivity contribution in [3.05, 3.63) is 53.4 Å². The Morgan fingerprint density at radius 3 is 2.72 bits per heavy atom. The number of aliphatic imine (C=N–C) groups is 2. The zero-order valence-electron chi connectivity index (χ0n) is 20.6. The summed E-state index contributed by atoms with van der Waals surface area (Å²) in [5.74, 6) is -1.70. The normalized spacial score (nSPS) is 15.8. The number of ether oxygens (including phenoxy) is 1. The Morgan fingerprint density at radius 1 is 1.28 bits per heavy atom. The first kappa shape index (κ1) is 27.2. The maximum Gasteiger partial charge on any atom is 0.251 e. The summed E-state index contributed by atoms with van der Waals surface area (Å²) in [5, 5.41) is 2.69. The van der Waals surface area contributed by atoms with Crippen molar-refractivity contribution in [2.75, 3.05) is 38.6 Å². The quantitative estimate of drug-likeness (QED) is 0.339. The minimum absolute atomic E-state index is 0.113. The molecule has 1 aliphatic heterocycles. The van der Waals surface area contributed by atoms with Crippen LogP contribution in [0.2, 0.25) is 0 Å². The Morgan fingerprint density at radius 2 is 2.03 bits per heavy atom. The Hall–Kier alpha value is -3.44. The molecular formula is C25H33F2N7O2. The molecule has 36 heavy (non-hydrogen) atoms. The summed E-state index contributed by atoms with van der Waals surface area (Å²) in [5.41, 5.74) is 12.8. The molecule has 194 valence electrons. The Bertz CT molecular complexity index is 1100. The standard InChI is InChI=1S/C25H33F2N7O2/c1-3-36-15-23-32-16(2)21(13-28)33-20-7-6-9-30-22(20)14-34(23)10-5-4-8-31-25(35)17-11-18(26)24(29)19(27)12-17/h6-7,9,11-12,16H,3-5,8,10,13-15,28-29H2,1-2H3,(H,31,35). The highest BCUT2D eigenvalue weighted by atomic mass is 19.1. The van der Waals surface area contributed by atoms with Gasteiger partial charge in [-0.05, 0) is 51.0 Å². The number of amides is 1. The van der Waals surface area contributed by atoms with Crippen molar-refractivity contribution in [2.45, 2.75) is 39.3 Å². The lowest BCUT2D eigenvalue weighted by Gasteiger charge is -2.27. The van der Waals surface area contributed by atoms with Crippen LogP contribution in [0, 0.1) is 11.6 Å². The summed E-state index contributed by atoms with van der Waals surface area (Å²) < 4.78 is 33.0. The summed E-state index contributed by atoms with van der Waals surface area (Å²) in [6, 6.07) is 5.38. The number of hydrogen-bond donors (Lipinski definition) is 3. The summed E-state index contributed by atoms with van der Waals surface area (Å²) in [6.07, 6.45) is 3.09. The number of nitrogens with two attached hydrogens (primary N) is 2. The number of unbranched alkanes of at least 4 members (excludes halogenated alkanes) is 1. The third-order valence-corrected chi connectivity index (χ3v) is 5.79. The SMILES string of the molecule is CCOCC1=NC(C)C(CN)=Nc2cccnc2CN1CCCCNC(=O)c1cc(F)c(N)c(F)c1. The molecule has 2 aromatic rings. The van der Waals surface area contributed by atoms with E-state index in [9.17, 15) is 13.6 Å². The van der Waals surface area contributed by atoms with Crippen molar-refractivity contribution in [2.24, 2.45) is 15.7 Å². The van der Waals surface area contributed by atoms with Crippen LogP contribution in [0.15, 0.2) is 40.4 Å². The lowest BCUT2D eigenvalue weighted by Crippen LogP contribution is -2.37. The predicted molar refractivity (Wildman–Crippen MR) is 137 cm³/mol. The van der Waals surface area contributed by atoms with Gasteiger partial charge in [-0.25, -0.2) is 8.78 Å². The molecule has 5 N–H and O–H groups in total. The van der Waals surface area contributed by atoms with Gasteiger partial charge in [0.2, 0.25) is 0 Å². The number of amidine groups is 1. The third-order valence-electron chi connectivity index (χ3n) is 5.79. The van der Waals surface area contributed by atoms with Gasteiger partial charge >= 0.3 is 0 Å². The molecule has 0 saturated carbocycles. The molecule has 0 bridgehead atoms. The number of benzene rings is 1. The number of nitrogen functional groups attached to an aromatic ring is 1. The van der Waals surface area contributed by atoms with Gasteiger partial charge in [0.15, 0.2) is 0 Å². The minimum Gasteiger partial charge on any atom is -0.394 e. The maximum atomic E-state index is 13.7. The van der Waals surface area contributed by atoms with Crippen LogP contribution < -0.4 is 16.8 Å². The van der Waals surface area contributed by atoms with E-state index in [1.54, 1.807) is 6.20 Å². The molecule has 3 rings (SSSR count). The van der Waals surface area contributed by atoms with Gasteiger partial charge in [0.1, 0.15) is 29.8 Å². The van der Waals surface area contributed by atoms with Gasteiger partial charge in [0, 0.05) is 38.0 Å². The fourth-order valence-corrected chi connectivity index (χ4v) is 3.75. The molecule has 2 heterocycles. The van der Waals surface area contributed by atoms with Gasteiger partial charge in [-0.1, -0.05) is 0 Å². The number of halogens is 2. The van der Waals surface area contributed by atoms with E-state index in [2.05, 4.69) is 15.2 Å². The number of carbonyl (C=O) groups excluding carboxylic acids is 1. The molecule has 1 aliphatic rings. The molecule has 0 spiro atoms. The van der Waals surface area contributed by atoms with Gasteiger partial charge in [-0.3, -0.25) is 19.8 Å². The highest BCUT2D eigenvalue weighted by molar-refractivity contribution is 5.96. The van der Waals surface area contributed by atoms with Crippen LogP contribution in [0.4, 0.5) is 20.2 Å². The number of nitrogens with zero attached hydrogens (tertiary/aromatic N) is 4. The third kappa shape index (κ3) is 7.05. The molecule has 0 fully saturated rings. The van der Waals surface area contributed by atoms with Gasteiger partial charge in [-0.2, -0.15) is 0 Å².